The zero-order valence-electron chi connectivity index (χ0n) is 17.1. The number of sulfonamides is 1. The number of carbonyl (C=O) groups excluding carboxylic acids is 1. The molecule has 0 bridgehead atoms. The molecule has 0 unspecified atom stereocenters. The highest BCUT2D eigenvalue weighted by Crippen LogP contribution is 2.27. The van der Waals surface area contributed by atoms with E-state index in [4.69, 9.17) is 32.7 Å². The Morgan fingerprint density at radius 1 is 0.906 bits per heavy atom. The van der Waals surface area contributed by atoms with Gasteiger partial charge in [0.15, 0.2) is 17.6 Å². The number of hydrogen-bond donors (Lipinski definition) is 2. The van der Waals surface area contributed by atoms with E-state index in [1.54, 1.807) is 31.2 Å². The Bertz CT molecular complexity index is 1200. The molecule has 0 spiro atoms. The smallest absolute Gasteiger partial charge is 0.265 e. The Kier molecular flexibility index (Phi) is 7.50. The van der Waals surface area contributed by atoms with Crippen molar-refractivity contribution in [3.05, 3.63) is 76.8 Å². The van der Waals surface area contributed by atoms with E-state index in [9.17, 15) is 13.2 Å². The summed E-state index contributed by atoms with van der Waals surface area (Å²) in [6, 6.07) is 17.1. The first-order valence-corrected chi connectivity index (χ1v) is 11.6. The van der Waals surface area contributed by atoms with Gasteiger partial charge in [0.1, 0.15) is 0 Å². The van der Waals surface area contributed by atoms with E-state index in [-0.39, 0.29) is 10.6 Å². The molecular formula is C22H20Cl2N2O5S. The van der Waals surface area contributed by atoms with Crippen molar-refractivity contribution in [2.45, 2.75) is 17.9 Å². The number of carbonyl (C=O) groups is 1. The minimum absolute atomic E-state index is 0.00455. The normalized spacial score (nSPS) is 12.0. The van der Waals surface area contributed by atoms with Crippen LogP contribution in [0.25, 0.3) is 0 Å². The van der Waals surface area contributed by atoms with Crippen LogP contribution in [0.1, 0.15) is 6.92 Å². The van der Waals surface area contributed by atoms with Crippen LogP contribution < -0.4 is 19.5 Å². The highest BCUT2D eigenvalue weighted by molar-refractivity contribution is 7.92. The van der Waals surface area contributed by atoms with Gasteiger partial charge >= 0.3 is 0 Å². The maximum Gasteiger partial charge on any atom is 0.265 e. The minimum Gasteiger partial charge on any atom is -0.493 e. The van der Waals surface area contributed by atoms with Gasteiger partial charge in [0, 0.05) is 15.7 Å². The Morgan fingerprint density at radius 2 is 1.50 bits per heavy atom. The molecule has 10 heteroatoms. The van der Waals surface area contributed by atoms with Crippen LogP contribution in [0.2, 0.25) is 10.0 Å². The molecule has 0 aliphatic rings. The van der Waals surface area contributed by atoms with Gasteiger partial charge in [-0.3, -0.25) is 9.52 Å². The summed E-state index contributed by atoms with van der Waals surface area (Å²) in [7, 11) is -2.36. The summed E-state index contributed by atoms with van der Waals surface area (Å²) < 4.78 is 38.5. The molecule has 32 heavy (non-hydrogen) atoms. The predicted octanol–water partition coefficient (Wildman–Crippen LogP) is 5.21. The zero-order chi connectivity index (χ0) is 23.3. The first-order chi connectivity index (χ1) is 15.2. The topological polar surface area (TPSA) is 93.7 Å². The average molecular weight is 495 g/mol. The Balaban J connectivity index is 1.66. The molecule has 2 N–H and O–H groups in total. The summed E-state index contributed by atoms with van der Waals surface area (Å²) in [5.74, 6) is 0.541. The molecule has 3 rings (SSSR count). The van der Waals surface area contributed by atoms with Crippen molar-refractivity contribution in [2.24, 2.45) is 0 Å². The highest BCUT2D eigenvalue weighted by Gasteiger charge is 2.18. The second-order valence-electron chi connectivity index (χ2n) is 6.69. The van der Waals surface area contributed by atoms with Gasteiger partial charge < -0.3 is 14.8 Å². The number of anilines is 2. The van der Waals surface area contributed by atoms with Crippen LogP contribution >= 0.6 is 23.2 Å². The maximum atomic E-state index is 12.6. The third kappa shape index (κ3) is 6.06. The third-order valence-corrected chi connectivity index (χ3v) is 6.12. The van der Waals surface area contributed by atoms with Crippen molar-refractivity contribution in [2.75, 3.05) is 17.1 Å². The number of para-hydroxylation sites is 2. The fourth-order valence-electron chi connectivity index (χ4n) is 2.75. The SMILES string of the molecule is COc1ccccc1O[C@@H](C)C(=O)Nc1ccc(S(=O)(=O)Nc2cc(Cl)cc(Cl)c2)cc1. The Hall–Kier alpha value is -2.94. The summed E-state index contributed by atoms with van der Waals surface area (Å²) in [5, 5.41) is 3.29. The molecule has 0 heterocycles. The van der Waals surface area contributed by atoms with Crippen LogP contribution in [0.15, 0.2) is 71.6 Å². The van der Waals surface area contributed by atoms with Gasteiger partial charge in [-0.25, -0.2) is 8.42 Å². The van der Waals surface area contributed by atoms with Crippen molar-refractivity contribution in [1.82, 2.24) is 0 Å². The van der Waals surface area contributed by atoms with Crippen molar-refractivity contribution in [1.29, 1.82) is 0 Å². The molecule has 0 saturated carbocycles. The van der Waals surface area contributed by atoms with Crippen LogP contribution in [0, 0.1) is 0 Å². The predicted molar refractivity (Wildman–Crippen MR) is 125 cm³/mol. The molecular weight excluding hydrogens is 475 g/mol. The van der Waals surface area contributed by atoms with E-state index in [1.807, 2.05) is 0 Å². The van der Waals surface area contributed by atoms with E-state index in [2.05, 4.69) is 10.0 Å². The number of amides is 1. The molecule has 3 aromatic carbocycles. The molecule has 1 amide bonds. The first kappa shape index (κ1) is 23.7. The second-order valence-corrected chi connectivity index (χ2v) is 9.24. The largest absolute Gasteiger partial charge is 0.493 e. The van der Waals surface area contributed by atoms with Gasteiger partial charge in [0.2, 0.25) is 0 Å². The van der Waals surface area contributed by atoms with E-state index in [0.717, 1.165) is 0 Å². The van der Waals surface area contributed by atoms with Gasteiger partial charge in [-0.05, 0) is 61.5 Å². The van der Waals surface area contributed by atoms with Gasteiger partial charge in [0.25, 0.3) is 15.9 Å². The standard InChI is InChI=1S/C22H20Cl2N2O5S/c1-14(31-21-6-4-3-5-20(21)30-2)22(27)25-17-7-9-19(10-8-17)32(28,29)26-18-12-15(23)11-16(24)13-18/h3-14,26H,1-2H3,(H,25,27)/t14-/m0/s1. The van der Waals surface area contributed by atoms with Crippen molar-refractivity contribution in [3.63, 3.8) is 0 Å². The summed E-state index contributed by atoms with van der Waals surface area (Å²) >= 11 is 11.8. The highest BCUT2D eigenvalue weighted by atomic mass is 35.5. The molecule has 0 aliphatic heterocycles. The van der Waals surface area contributed by atoms with Crippen LogP contribution in [0.3, 0.4) is 0 Å². The van der Waals surface area contributed by atoms with E-state index < -0.39 is 22.0 Å². The number of ether oxygens (including phenoxy) is 2. The molecule has 0 aromatic heterocycles. The number of rotatable bonds is 8. The summed E-state index contributed by atoms with van der Waals surface area (Å²) in [4.78, 5) is 12.5. The lowest BCUT2D eigenvalue weighted by atomic mass is 10.3. The summed E-state index contributed by atoms with van der Waals surface area (Å²) in [5.41, 5.74) is 0.650. The van der Waals surface area contributed by atoms with Crippen molar-refractivity contribution in [3.8, 4) is 11.5 Å². The third-order valence-electron chi connectivity index (χ3n) is 4.29. The van der Waals surface area contributed by atoms with Crippen LogP contribution in [-0.4, -0.2) is 27.5 Å². The van der Waals surface area contributed by atoms with E-state index in [1.165, 1.54) is 49.6 Å². The van der Waals surface area contributed by atoms with Crippen LogP contribution in [-0.2, 0) is 14.8 Å². The zero-order valence-corrected chi connectivity index (χ0v) is 19.5. The number of halogens is 2. The lowest BCUT2D eigenvalue weighted by Crippen LogP contribution is -2.30. The minimum atomic E-state index is -3.88. The number of hydrogen-bond acceptors (Lipinski definition) is 5. The summed E-state index contributed by atoms with van der Waals surface area (Å²) in [6.07, 6.45) is -0.816. The van der Waals surface area contributed by atoms with Gasteiger partial charge in [0.05, 0.1) is 17.7 Å². The quantitative estimate of drug-likeness (QED) is 0.448. The molecule has 0 aliphatic carbocycles. The molecule has 0 radical (unpaired) electrons. The average Bonchev–Trinajstić information content (AvgIpc) is 2.73. The summed E-state index contributed by atoms with van der Waals surface area (Å²) in [6.45, 7) is 1.60. The maximum absolute atomic E-state index is 12.6. The Morgan fingerprint density at radius 3 is 2.09 bits per heavy atom. The number of benzene rings is 3. The van der Waals surface area contributed by atoms with E-state index in [0.29, 0.717) is 27.2 Å². The van der Waals surface area contributed by atoms with Crippen LogP contribution in [0.5, 0.6) is 11.5 Å². The van der Waals surface area contributed by atoms with E-state index >= 15 is 0 Å². The molecule has 7 nitrogen and oxygen atoms in total. The number of nitrogens with one attached hydrogen (secondary N) is 2. The van der Waals surface area contributed by atoms with Crippen molar-refractivity contribution >= 4 is 50.5 Å². The fraction of sp³-hybridized carbons (Fsp3) is 0.136. The fourth-order valence-corrected chi connectivity index (χ4v) is 4.31. The molecule has 0 fully saturated rings. The lowest BCUT2D eigenvalue weighted by molar-refractivity contribution is -0.122. The second kappa shape index (κ2) is 10.1. The molecule has 3 aromatic rings. The Labute approximate surface area is 196 Å². The monoisotopic (exact) mass is 494 g/mol. The van der Waals surface area contributed by atoms with Crippen LogP contribution in [0.4, 0.5) is 11.4 Å². The number of methoxy groups -OCH3 is 1. The molecule has 0 saturated heterocycles. The van der Waals surface area contributed by atoms with Gasteiger partial charge in [-0.1, -0.05) is 35.3 Å². The molecule has 168 valence electrons. The van der Waals surface area contributed by atoms with Gasteiger partial charge in [-0.15, -0.1) is 0 Å². The lowest BCUT2D eigenvalue weighted by Gasteiger charge is -2.16. The molecule has 1 atom stereocenters. The van der Waals surface area contributed by atoms with Crippen molar-refractivity contribution < 1.29 is 22.7 Å². The van der Waals surface area contributed by atoms with Gasteiger partial charge in [-0.2, -0.15) is 0 Å². The first-order valence-electron chi connectivity index (χ1n) is 9.37.